The van der Waals surface area contributed by atoms with Crippen molar-refractivity contribution in [3.05, 3.63) is 39.8 Å². The number of carbonyl (C=O) groups excluding carboxylic acids is 2. The lowest BCUT2D eigenvalue weighted by Gasteiger charge is -2.32. The second kappa shape index (κ2) is 6.84. The van der Waals surface area contributed by atoms with Crippen LogP contribution in [0.4, 0.5) is 5.69 Å². The number of aryl methyl sites for hydroxylation is 2. The van der Waals surface area contributed by atoms with Gasteiger partial charge in [-0.2, -0.15) is 0 Å². The Morgan fingerprint density at radius 1 is 1.40 bits per heavy atom. The standard InChI is InChI=1S/C18H21N3O3S/c1-10-17(25-13(4)19-10)11(2)20-16(22)9-21-14-7-5-6-8-15(14)24-12(3)18(21)23/h5-8,11-12H,9H2,1-4H3,(H,20,22)/t11-,12+/m1/s1. The van der Waals surface area contributed by atoms with Crippen LogP contribution in [-0.4, -0.2) is 29.4 Å². The Morgan fingerprint density at radius 2 is 2.12 bits per heavy atom. The number of aromatic nitrogens is 1. The summed E-state index contributed by atoms with van der Waals surface area (Å²) < 4.78 is 5.60. The van der Waals surface area contributed by atoms with Gasteiger partial charge in [0.2, 0.25) is 5.91 Å². The average molecular weight is 359 g/mol. The average Bonchev–Trinajstić information content (AvgIpc) is 2.90. The number of nitrogens with one attached hydrogen (secondary N) is 1. The van der Waals surface area contributed by atoms with E-state index in [1.807, 2.05) is 32.9 Å². The van der Waals surface area contributed by atoms with Crippen molar-refractivity contribution in [2.45, 2.75) is 39.8 Å². The molecule has 0 spiro atoms. The van der Waals surface area contributed by atoms with E-state index in [9.17, 15) is 9.59 Å². The molecule has 2 amide bonds. The second-order valence-corrected chi connectivity index (χ2v) is 7.36. The second-order valence-electron chi connectivity index (χ2n) is 6.12. The highest BCUT2D eigenvalue weighted by Crippen LogP contribution is 2.33. The van der Waals surface area contributed by atoms with Gasteiger partial charge in [0.05, 0.1) is 22.4 Å². The minimum absolute atomic E-state index is 0.0370. The number of fused-ring (bicyclic) bond motifs is 1. The van der Waals surface area contributed by atoms with Crippen LogP contribution in [-0.2, 0) is 9.59 Å². The summed E-state index contributed by atoms with van der Waals surface area (Å²) in [5.74, 6) is 0.186. The summed E-state index contributed by atoms with van der Waals surface area (Å²) in [6.07, 6.45) is -0.605. The lowest BCUT2D eigenvalue weighted by atomic mass is 10.2. The van der Waals surface area contributed by atoms with Gasteiger partial charge in [-0.3, -0.25) is 14.5 Å². The van der Waals surface area contributed by atoms with E-state index < -0.39 is 6.10 Å². The van der Waals surface area contributed by atoms with Gasteiger partial charge in [0.15, 0.2) is 6.10 Å². The first kappa shape index (κ1) is 17.4. The Hall–Kier alpha value is -2.41. The molecule has 7 heteroatoms. The van der Waals surface area contributed by atoms with Gasteiger partial charge in [-0.1, -0.05) is 12.1 Å². The molecule has 0 aliphatic carbocycles. The summed E-state index contributed by atoms with van der Waals surface area (Å²) in [5, 5.41) is 3.93. The van der Waals surface area contributed by atoms with Crippen LogP contribution in [0.2, 0.25) is 0 Å². The zero-order valence-corrected chi connectivity index (χ0v) is 15.5. The first-order chi connectivity index (χ1) is 11.9. The van der Waals surface area contributed by atoms with Crippen LogP contribution in [0.25, 0.3) is 0 Å². The Morgan fingerprint density at radius 3 is 2.80 bits per heavy atom. The molecular weight excluding hydrogens is 338 g/mol. The molecule has 25 heavy (non-hydrogen) atoms. The van der Waals surface area contributed by atoms with E-state index in [-0.39, 0.29) is 24.4 Å². The van der Waals surface area contributed by atoms with Crippen molar-refractivity contribution < 1.29 is 14.3 Å². The predicted molar refractivity (Wildman–Crippen MR) is 97.0 cm³/mol. The number of ether oxygens (including phenoxy) is 1. The molecule has 1 aromatic carbocycles. The number of carbonyl (C=O) groups is 2. The van der Waals surface area contributed by atoms with E-state index in [0.29, 0.717) is 11.4 Å². The molecule has 1 N–H and O–H groups in total. The topological polar surface area (TPSA) is 71.5 Å². The minimum atomic E-state index is -0.605. The number of benzene rings is 1. The monoisotopic (exact) mass is 359 g/mol. The summed E-state index contributed by atoms with van der Waals surface area (Å²) in [7, 11) is 0. The number of hydrogen-bond acceptors (Lipinski definition) is 5. The van der Waals surface area contributed by atoms with Crippen LogP contribution in [0.15, 0.2) is 24.3 Å². The zero-order valence-electron chi connectivity index (χ0n) is 14.7. The molecule has 6 nitrogen and oxygen atoms in total. The van der Waals surface area contributed by atoms with Gasteiger partial charge in [0.25, 0.3) is 5.91 Å². The van der Waals surface area contributed by atoms with Gasteiger partial charge in [-0.05, 0) is 39.8 Å². The molecule has 0 saturated heterocycles. The normalized spacial score (nSPS) is 17.7. The SMILES string of the molecule is Cc1nc(C)c([C@@H](C)NC(=O)CN2C(=O)[C@H](C)Oc3ccccc32)s1. The number of para-hydroxylation sites is 2. The van der Waals surface area contributed by atoms with Gasteiger partial charge in [-0.15, -0.1) is 11.3 Å². The van der Waals surface area contributed by atoms with Gasteiger partial charge >= 0.3 is 0 Å². The van der Waals surface area contributed by atoms with Crippen molar-refractivity contribution in [2.75, 3.05) is 11.4 Å². The highest BCUT2D eigenvalue weighted by molar-refractivity contribution is 7.11. The van der Waals surface area contributed by atoms with E-state index in [4.69, 9.17) is 4.74 Å². The summed E-state index contributed by atoms with van der Waals surface area (Å²) >= 11 is 1.57. The number of rotatable bonds is 4. The van der Waals surface area contributed by atoms with E-state index in [1.165, 1.54) is 4.90 Å². The smallest absolute Gasteiger partial charge is 0.268 e. The highest BCUT2D eigenvalue weighted by atomic mass is 32.1. The first-order valence-corrected chi connectivity index (χ1v) is 8.99. The maximum absolute atomic E-state index is 12.5. The van der Waals surface area contributed by atoms with Crippen molar-refractivity contribution in [3.63, 3.8) is 0 Å². The lowest BCUT2D eigenvalue weighted by Crippen LogP contribution is -2.49. The molecule has 1 aliphatic rings. The van der Waals surface area contributed by atoms with Crippen LogP contribution in [0.1, 0.15) is 35.5 Å². The molecule has 0 bridgehead atoms. The Balaban J connectivity index is 1.74. The third kappa shape index (κ3) is 3.51. The van der Waals surface area contributed by atoms with E-state index in [0.717, 1.165) is 15.6 Å². The van der Waals surface area contributed by atoms with Crippen molar-refractivity contribution >= 4 is 28.8 Å². The summed E-state index contributed by atoms with van der Waals surface area (Å²) in [6, 6.07) is 7.10. The lowest BCUT2D eigenvalue weighted by molar-refractivity contribution is -0.128. The summed E-state index contributed by atoms with van der Waals surface area (Å²) in [6.45, 7) is 7.46. The molecule has 2 atom stereocenters. The van der Waals surface area contributed by atoms with Crippen molar-refractivity contribution in [3.8, 4) is 5.75 Å². The number of hydrogen-bond donors (Lipinski definition) is 1. The first-order valence-electron chi connectivity index (χ1n) is 8.17. The fourth-order valence-electron chi connectivity index (χ4n) is 2.97. The maximum Gasteiger partial charge on any atom is 0.268 e. The fourth-order valence-corrected chi connectivity index (χ4v) is 3.90. The molecule has 2 heterocycles. The highest BCUT2D eigenvalue weighted by Gasteiger charge is 2.32. The molecule has 2 aromatic rings. The van der Waals surface area contributed by atoms with Gasteiger partial charge in [-0.25, -0.2) is 4.98 Å². The Labute approximate surface area is 150 Å². The zero-order chi connectivity index (χ0) is 18.1. The number of thiazole rings is 1. The van der Waals surface area contributed by atoms with Crippen LogP contribution in [0.5, 0.6) is 5.75 Å². The number of amides is 2. The van der Waals surface area contributed by atoms with Gasteiger partial charge < -0.3 is 10.1 Å². The molecule has 3 rings (SSSR count). The van der Waals surface area contributed by atoms with Crippen LogP contribution in [0.3, 0.4) is 0 Å². The molecule has 0 radical (unpaired) electrons. The predicted octanol–water partition coefficient (Wildman–Crippen LogP) is 2.75. The largest absolute Gasteiger partial charge is 0.479 e. The third-order valence-electron chi connectivity index (χ3n) is 4.09. The quantitative estimate of drug-likeness (QED) is 0.911. The minimum Gasteiger partial charge on any atom is -0.479 e. The van der Waals surface area contributed by atoms with Crippen LogP contribution < -0.4 is 15.0 Å². The van der Waals surface area contributed by atoms with Crippen molar-refractivity contribution in [2.24, 2.45) is 0 Å². The molecule has 0 saturated carbocycles. The van der Waals surface area contributed by atoms with E-state index in [2.05, 4.69) is 10.3 Å². The van der Waals surface area contributed by atoms with Crippen LogP contribution in [0, 0.1) is 13.8 Å². The summed E-state index contributed by atoms with van der Waals surface area (Å²) in [5.41, 5.74) is 1.55. The molecule has 0 fully saturated rings. The maximum atomic E-state index is 12.5. The van der Waals surface area contributed by atoms with Gasteiger partial charge in [0.1, 0.15) is 12.3 Å². The van der Waals surface area contributed by atoms with Crippen LogP contribution >= 0.6 is 11.3 Å². The molecule has 0 unspecified atom stereocenters. The molecule has 132 valence electrons. The third-order valence-corrected chi connectivity index (χ3v) is 5.34. The van der Waals surface area contributed by atoms with Gasteiger partial charge in [0, 0.05) is 4.88 Å². The Bertz CT molecular complexity index is 818. The Kier molecular flexibility index (Phi) is 4.76. The number of anilines is 1. The summed E-state index contributed by atoms with van der Waals surface area (Å²) in [4.78, 5) is 31.9. The molecular formula is C18H21N3O3S. The van der Waals surface area contributed by atoms with Crippen molar-refractivity contribution in [1.29, 1.82) is 0 Å². The van der Waals surface area contributed by atoms with E-state index in [1.54, 1.807) is 30.4 Å². The van der Waals surface area contributed by atoms with Crippen molar-refractivity contribution in [1.82, 2.24) is 10.3 Å². The molecule has 1 aliphatic heterocycles. The number of nitrogens with zero attached hydrogens (tertiary/aromatic N) is 2. The fraction of sp³-hybridized carbons (Fsp3) is 0.389. The molecule has 1 aromatic heterocycles. The van der Waals surface area contributed by atoms with E-state index >= 15 is 0 Å².